The molecule has 0 aromatic heterocycles. The number of nitrogens with zero attached hydrogens (tertiary/aromatic N) is 1. The Morgan fingerprint density at radius 1 is 1.00 bits per heavy atom. The van der Waals surface area contributed by atoms with Gasteiger partial charge in [-0.25, -0.2) is 5.01 Å². The minimum atomic E-state index is -0.552. The van der Waals surface area contributed by atoms with Crippen LogP contribution in [0.15, 0.2) is 81.7 Å². The highest BCUT2D eigenvalue weighted by Gasteiger charge is 2.34. The topological polar surface area (TPSA) is 70.7 Å². The van der Waals surface area contributed by atoms with Crippen molar-refractivity contribution in [3.05, 3.63) is 92.9 Å². The van der Waals surface area contributed by atoms with E-state index in [0.717, 1.165) is 14.5 Å². The summed E-state index contributed by atoms with van der Waals surface area (Å²) < 4.78 is 7.22. The van der Waals surface area contributed by atoms with E-state index in [0.29, 0.717) is 17.0 Å². The zero-order chi connectivity index (χ0) is 21.1. The number of carbonyl (C=O) groups is 2. The van der Waals surface area contributed by atoms with Gasteiger partial charge < -0.3 is 10.1 Å². The predicted octanol–water partition coefficient (Wildman–Crippen LogP) is 4.89. The minimum Gasteiger partial charge on any atom is -0.484 e. The van der Waals surface area contributed by atoms with Crippen LogP contribution in [0.3, 0.4) is 0 Å². The summed E-state index contributed by atoms with van der Waals surface area (Å²) >= 11 is 6.75. The fraction of sp³-hybridized carbons (Fsp3) is 0.0909. The van der Waals surface area contributed by atoms with Crippen LogP contribution in [0.1, 0.15) is 22.1 Å². The minimum absolute atomic E-state index is 0.224. The molecule has 1 aliphatic heterocycles. The highest BCUT2D eigenvalue weighted by atomic mass is 79.9. The summed E-state index contributed by atoms with van der Waals surface area (Å²) in [6.07, 6.45) is -0.552. The summed E-state index contributed by atoms with van der Waals surface area (Å²) in [5.41, 5.74) is 4.70. The van der Waals surface area contributed by atoms with Gasteiger partial charge >= 0.3 is 0 Å². The van der Waals surface area contributed by atoms with Crippen LogP contribution in [-0.2, 0) is 4.79 Å². The third-order valence-corrected chi connectivity index (χ3v) is 5.55. The molecule has 0 fully saturated rings. The van der Waals surface area contributed by atoms with E-state index in [9.17, 15) is 9.59 Å². The van der Waals surface area contributed by atoms with Gasteiger partial charge in [-0.05, 0) is 48.0 Å². The third kappa shape index (κ3) is 4.49. The summed E-state index contributed by atoms with van der Waals surface area (Å²) in [6, 6.07) is 22.0. The fourth-order valence-electron chi connectivity index (χ4n) is 3.11. The van der Waals surface area contributed by atoms with Crippen LogP contribution in [-0.4, -0.2) is 23.4 Å². The number of halogens is 2. The summed E-state index contributed by atoms with van der Waals surface area (Å²) in [5.74, 6) is -0.186. The Morgan fingerprint density at radius 2 is 1.70 bits per heavy atom. The van der Waals surface area contributed by atoms with E-state index in [4.69, 9.17) is 4.74 Å². The number of anilines is 1. The van der Waals surface area contributed by atoms with Gasteiger partial charge in [0.2, 0.25) is 0 Å². The van der Waals surface area contributed by atoms with Crippen LogP contribution >= 0.6 is 31.9 Å². The molecule has 0 saturated heterocycles. The Morgan fingerprint density at radius 3 is 2.43 bits per heavy atom. The number of hydrogen-bond acceptors (Lipinski definition) is 4. The number of hydrazine groups is 1. The first-order valence-corrected chi connectivity index (χ1v) is 10.7. The van der Waals surface area contributed by atoms with Crippen molar-refractivity contribution in [1.29, 1.82) is 0 Å². The molecule has 1 atom stereocenters. The van der Waals surface area contributed by atoms with Crippen molar-refractivity contribution in [3.8, 4) is 5.75 Å². The lowest BCUT2D eigenvalue weighted by molar-refractivity contribution is -0.127. The second-order valence-corrected chi connectivity index (χ2v) is 8.43. The van der Waals surface area contributed by atoms with Crippen LogP contribution in [0.25, 0.3) is 0 Å². The van der Waals surface area contributed by atoms with Gasteiger partial charge in [0.25, 0.3) is 11.8 Å². The highest BCUT2D eigenvalue weighted by molar-refractivity contribution is 9.10. The lowest BCUT2D eigenvalue weighted by atomic mass is 10.1. The van der Waals surface area contributed by atoms with Gasteiger partial charge in [-0.2, -0.15) is 0 Å². The van der Waals surface area contributed by atoms with Gasteiger partial charge in [0, 0.05) is 14.6 Å². The van der Waals surface area contributed by atoms with Crippen molar-refractivity contribution >= 4 is 49.4 Å². The van der Waals surface area contributed by atoms with Gasteiger partial charge in [-0.3, -0.25) is 15.0 Å². The summed E-state index contributed by atoms with van der Waals surface area (Å²) in [6.45, 7) is -0.224. The SMILES string of the molecule is O=C(COc1ccc(Br)cc1)NN1C(=O)c2cc(Br)ccc2NC1c1ccccc1. The smallest absolute Gasteiger partial charge is 0.276 e. The number of ether oxygens (including phenoxy) is 1. The predicted molar refractivity (Wildman–Crippen MR) is 121 cm³/mol. The molecular weight excluding hydrogens is 514 g/mol. The Hall–Kier alpha value is -2.84. The molecule has 2 amide bonds. The average Bonchev–Trinajstić information content (AvgIpc) is 2.76. The van der Waals surface area contributed by atoms with Gasteiger partial charge in [-0.1, -0.05) is 62.2 Å². The molecule has 1 heterocycles. The number of amides is 2. The first kappa shape index (κ1) is 20.4. The molecule has 152 valence electrons. The first-order chi connectivity index (χ1) is 14.5. The zero-order valence-corrected chi connectivity index (χ0v) is 18.8. The van der Waals surface area contributed by atoms with Crippen molar-refractivity contribution in [1.82, 2.24) is 10.4 Å². The quantitative estimate of drug-likeness (QED) is 0.493. The molecule has 0 saturated carbocycles. The van der Waals surface area contributed by atoms with E-state index in [1.54, 1.807) is 18.2 Å². The molecule has 0 bridgehead atoms. The molecule has 3 aromatic carbocycles. The molecule has 8 heteroatoms. The zero-order valence-electron chi connectivity index (χ0n) is 15.6. The number of nitrogens with one attached hydrogen (secondary N) is 2. The molecule has 0 radical (unpaired) electrons. The molecule has 0 aliphatic carbocycles. The first-order valence-electron chi connectivity index (χ1n) is 9.14. The van der Waals surface area contributed by atoms with Crippen LogP contribution in [0.4, 0.5) is 5.69 Å². The van der Waals surface area contributed by atoms with E-state index in [1.807, 2.05) is 54.6 Å². The molecular formula is C22H17Br2N3O3. The average molecular weight is 531 g/mol. The van der Waals surface area contributed by atoms with E-state index in [1.165, 1.54) is 5.01 Å². The van der Waals surface area contributed by atoms with Gasteiger partial charge in [-0.15, -0.1) is 0 Å². The number of carbonyl (C=O) groups excluding carboxylic acids is 2. The Kier molecular flexibility index (Phi) is 6.06. The Balaban J connectivity index is 1.55. The second-order valence-electron chi connectivity index (χ2n) is 6.60. The molecule has 6 nitrogen and oxygen atoms in total. The Labute approximate surface area is 190 Å². The van der Waals surface area contributed by atoms with Crippen molar-refractivity contribution in [2.45, 2.75) is 6.17 Å². The molecule has 30 heavy (non-hydrogen) atoms. The lowest BCUT2D eigenvalue weighted by Crippen LogP contribution is -2.53. The maximum Gasteiger partial charge on any atom is 0.276 e. The van der Waals surface area contributed by atoms with E-state index in [-0.39, 0.29) is 12.5 Å². The summed E-state index contributed by atoms with van der Waals surface area (Å²) in [7, 11) is 0. The van der Waals surface area contributed by atoms with Gasteiger partial charge in [0.1, 0.15) is 11.9 Å². The van der Waals surface area contributed by atoms with E-state index < -0.39 is 12.1 Å². The van der Waals surface area contributed by atoms with E-state index >= 15 is 0 Å². The molecule has 0 spiro atoms. The number of rotatable bonds is 5. The normalized spacial score (nSPS) is 15.2. The third-order valence-electron chi connectivity index (χ3n) is 4.53. The lowest BCUT2D eigenvalue weighted by Gasteiger charge is -2.37. The van der Waals surface area contributed by atoms with Crippen molar-refractivity contribution in [2.24, 2.45) is 0 Å². The molecule has 1 unspecified atom stereocenters. The van der Waals surface area contributed by atoms with Crippen molar-refractivity contribution < 1.29 is 14.3 Å². The monoisotopic (exact) mass is 529 g/mol. The van der Waals surface area contributed by atoms with Crippen LogP contribution in [0.5, 0.6) is 5.75 Å². The van der Waals surface area contributed by atoms with E-state index in [2.05, 4.69) is 42.6 Å². The molecule has 4 rings (SSSR count). The molecule has 2 N–H and O–H groups in total. The maximum absolute atomic E-state index is 13.2. The molecule has 1 aliphatic rings. The number of fused-ring (bicyclic) bond motifs is 1. The van der Waals surface area contributed by atoms with Gasteiger partial charge in [0.15, 0.2) is 6.61 Å². The van der Waals surface area contributed by atoms with Crippen LogP contribution in [0.2, 0.25) is 0 Å². The summed E-state index contributed by atoms with van der Waals surface area (Å²) in [4.78, 5) is 25.8. The standard InChI is InChI=1S/C22H17Br2N3O3/c23-15-6-9-17(10-7-15)30-13-20(28)26-27-21(14-4-2-1-3-5-14)25-19-11-8-16(24)12-18(19)22(27)29/h1-12,21,25H,13H2,(H,26,28). The molecule has 3 aromatic rings. The summed E-state index contributed by atoms with van der Waals surface area (Å²) in [5, 5.41) is 4.63. The second kappa shape index (κ2) is 8.89. The number of hydrogen-bond donors (Lipinski definition) is 2. The maximum atomic E-state index is 13.2. The van der Waals surface area contributed by atoms with Crippen LogP contribution in [0, 0.1) is 0 Å². The number of benzene rings is 3. The van der Waals surface area contributed by atoms with Crippen molar-refractivity contribution in [3.63, 3.8) is 0 Å². The van der Waals surface area contributed by atoms with Gasteiger partial charge in [0.05, 0.1) is 5.56 Å². The largest absolute Gasteiger partial charge is 0.484 e. The fourth-order valence-corrected chi connectivity index (χ4v) is 3.73. The highest BCUT2D eigenvalue weighted by Crippen LogP contribution is 2.33. The van der Waals surface area contributed by atoms with Crippen LogP contribution < -0.4 is 15.5 Å². The van der Waals surface area contributed by atoms with Crippen molar-refractivity contribution in [2.75, 3.05) is 11.9 Å². The Bertz CT molecular complexity index is 1070.